The third-order valence-electron chi connectivity index (χ3n) is 4.07. The van der Waals surface area contributed by atoms with Gasteiger partial charge in [0, 0.05) is 0 Å². The van der Waals surface area contributed by atoms with E-state index in [1.807, 2.05) is 6.92 Å². The van der Waals surface area contributed by atoms with Gasteiger partial charge in [-0.2, -0.15) is 0 Å². The van der Waals surface area contributed by atoms with Crippen molar-refractivity contribution in [3.8, 4) is 0 Å². The zero-order valence-electron chi connectivity index (χ0n) is 13.1. The van der Waals surface area contributed by atoms with Crippen molar-refractivity contribution in [3.05, 3.63) is 95.6 Å². The van der Waals surface area contributed by atoms with Crippen LogP contribution in [-0.4, -0.2) is 0 Å². The van der Waals surface area contributed by atoms with E-state index in [9.17, 15) is 0 Å². The van der Waals surface area contributed by atoms with Crippen LogP contribution in [0.3, 0.4) is 0 Å². The molecular formula is C22H20. The summed E-state index contributed by atoms with van der Waals surface area (Å²) in [7, 11) is 0. The van der Waals surface area contributed by atoms with Gasteiger partial charge in [-0.15, -0.1) is 0 Å². The lowest BCUT2D eigenvalue weighted by atomic mass is 9.89. The van der Waals surface area contributed by atoms with Crippen LogP contribution in [0.2, 0.25) is 0 Å². The van der Waals surface area contributed by atoms with Crippen LogP contribution in [0.5, 0.6) is 0 Å². The molecule has 0 aliphatic heterocycles. The Morgan fingerprint density at radius 3 is 2.45 bits per heavy atom. The Hall–Kier alpha value is -2.60. The highest BCUT2D eigenvalue weighted by atomic mass is 14.2. The summed E-state index contributed by atoms with van der Waals surface area (Å²) in [4.78, 5) is 0. The van der Waals surface area contributed by atoms with E-state index >= 15 is 0 Å². The fourth-order valence-electron chi connectivity index (χ4n) is 3.01. The molecule has 0 radical (unpaired) electrons. The Morgan fingerprint density at radius 2 is 1.64 bits per heavy atom. The Balaban J connectivity index is 2.24. The van der Waals surface area contributed by atoms with Crippen molar-refractivity contribution >= 4 is 22.4 Å². The summed E-state index contributed by atoms with van der Waals surface area (Å²) in [5, 5.41) is 2.52. The minimum absolute atomic E-state index is 1.09. The summed E-state index contributed by atoms with van der Waals surface area (Å²) < 4.78 is 0. The summed E-state index contributed by atoms with van der Waals surface area (Å²) in [5.74, 6) is 0. The maximum atomic E-state index is 4.42. The zero-order valence-corrected chi connectivity index (χ0v) is 13.1. The molecule has 0 nitrogen and oxygen atoms in total. The fraction of sp³-hybridized carbons (Fsp3) is 0.0909. The number of fused-ring (bicyclic) bond motifs is 1. The average Bonchev–Trinajstić information content (AvgIpc) is 2.55. The second-order valence-electron chi connectivity index (χ2n) is 5.54. The quantitative estimate of drug-likeness (QED) is 0.534. The molecule has 3 rings (SSSR count). The van der Waals surface area contributed by atoms with E-state index in [4.69, 9.17) is 0 Å². The van der Waals surface area contributed by atoms with Gasteiger partial charge in [0.15, 0.2) is 0 Å². The summed E-state index contributed by atoms with van der Waals surface area (Å²) in [5.41, 5.74) is 6.00. The largest absolute Gasteiger partial charge is 0.0905 e. The van der Waals surface area contributed by atoms with Crippen LogP contribution >= 0.6 is 0 Å². The van der Waals surface area contributed by atoms with E-state index in [0.717, 1.165) is 5.57 Å². The van der Waals surface area contributed by atoms with Crippen molar-refractivity contribution in [2.75, 3.05) is 0 Å². The minimum atomic E-state index is 1.09. The molecule has 0 heteroatoms. The monoisotopic (exact) mass is 284 g/mol. The van der Waals surface area contributed by atoms with E-state index in [-0.39, 0.29) is 0 Å². The van der Waals surface area contributed by atoms with Crippen LogP contribution in [0.25, 0.3) is 22.4 Å². The lowest BCUT2D eigenvalue weighted by Crippen LogP contribution is -1.94. The van der Waals surface area contributed by atoms with Gasteiger partial charge in [0.1, 0.15) is 0 Å². The second kappa shape index (κ2) is 6.03. The molecule has 0 saturated carbocycles. The van der Waals surface area contributed by atoms with Crippen molar-refractivity contribution < 1.29 is 0 Å². The van der Waals surface area contributed by atoms with Crippen LogP contribution in [-0.2, 0) is 0 Å². The Morgan fingerprint density at radius 1 is 0.909 bits per heavy atom. The lowest BCUT2D eigenvalue weighted by Gasteiger charge is -2.15. The standard InChI is InChI=1S/C22H20/c1-4-9-18-10-5-7-12-20(18)17(3)22-16(2)14-15-19-11-6-8-13-21(19)22/h4-15H,3H2,1-2H3/b9-4-. The molecule has 0 saturated heterocycles. The molecule has 0 spiro atoms. The van der Waals surface area contributed by atoms with Gasteiger partial charge >= 0.3 is 0 Å². The van der Waals surface area contributed by atoms with Gasteiger partial charge in [-0.1, -0.05) is 79.4 Å². The number of allylic oxidation sites excluding steroid dienone is 1. The molecule has 3 aromatic carbocycles. The Labute approximate surface area is 132 Å². The maximum absolute atomic E-state index is 4.42. The molecule has 0 aromatic heterocycles. The van der Waals surface area contributed by atoms with Crippen LogP contribution in [0.15, 0.2) is 73.3 Å². The number of benzene rings is 3. The summed E-state index contributed by atoms with van der Waals surface area (Å²) in [6.45, 7) is 8.62. The lowest BCUT2D eigenvalue weighted by molar-refractivity contribution is 1.44. The van der Waals surface area contributed by atoms with Crippen molar-refractivity contribution in [3.63, 3.8) is 0 Å². The van der Waals surface area contributed by atoms with Gasteiger partial charge in [-0.05, 0) is 52.4 Å². The third kappa shape index (κ3) is 2.48. The SMILES string of the molecule is C=C(c1ccccc1/C=C\C)c1c(C)ccc2ccccc12. The van der Waals surface area contributed by atoms with E-state index < -0.39 is 0 Å². The van der Waals surface area contributed by atoms with Crippen molar-refractivity contribution in [2.45, 2.75) is 13.8 Å². The van der Waals surface area contributed by atoms with Gasteiger partial charge in [0.2, 0.25) is 0 Å². The summed E-state index contributed by atoms with van der Waals surface area (Å²) in [6.07, 6.45) is 4.21. The molecule has 0 aliphatic carbocycles. The Bertz CT molecular complexity index is 866. The molecule has 0 bridgehead atoms. The molecule has 0 unspecified atom stereocenters. The van der Waals surface area contributed by atoms with Gasteiger partial charge in [-0.25, -0.2) is 0 Å². The van der Waals surface area contributed by atoms with Gasteiger partial charge in [0.05, 0.1) is 0 Å². The number of rotatable bonds is 3. The first kappa shape index (κ1) is 14.3. The molecule has 22 heavy (non-hydrogen) atoms. The predicted octanol–water partition coefficient (Wildman–Crippen LogP) is 6.24. The molecule has 3 aromatic rings. The normalized spacial score (nSPS) is 11.2. The molecule has 0 heterocycles. The minimum Gasteiger partial charge on any atom is -0.0905 e. The molecule has 0 amide bonds. The number of aryl methyl sites for hydroxylation is 1. The third-order valence-corrected chi connectivity index (χ3v) is 4.07. The molecule has 0 N–H and O–H groups in total. The van der Waals surface area contributed by atoms with Crippen LogP contribution in [0.1, 0.15) is 29.2 Å². The summed E-state index contributed by atoms with van der Waals surface area (Å²) >= 11 is 0. The molecule has 0 aliphatic rings. The van der Waals surface area contributed by atoms with E-state index in [0.29, 0.717) is 0 Å². The van der Waals surface area contributed by atoms with Gasteiger partial charge < -0.3 is 0 Å². The molecule has 108 valence electrons. The van der Waals surface area contributed by atoms with E-state index in [2.05, 4.69) is 86.3 Å². The first-order chi connectivity index (χ1) is 10.7. The van der Waals surface area contributed by atoms with Crippen molar-refractivity contribution in [2.24, 2.45) is 0 Å². The Kier molecular flexibility index (Phi) is 3.93. The fourth-order valence-corrected chi connectivity index (χ4v) is 3.01. The van der Waals surface area contributed by atoms with Crippen LogP contribution in [0, 0.1) is 6.92 Å². The molecule has 0 fully saturated rings. The highest BCUT2D eigenvalue weighted by Crippen LogP contribution is 2.33. The number of hydrogen-bond acceptors (Lipinski definition) is 0. The average molecular weight is 284 g/mol. The van der Waals surface area contributed by atoms with Crippen LogP contribution < -0.4 is 0 Å². The van der Waals surface area contributed by atoms with E-state index in [1.54, 1.807) is 0 Å². The second-order valence-corrected chi connectivity index (χ2v) is 5.54. The highest BCUT2D eigenvalue weighted by Gasteiger charge is 2.11. The van der Waals surface area contributed by atoms with Gasteiger partial charge in [-0.3, -0.25) is 0 Å². The smallest absolute Gasteiger partial charge is 0.00758 e. The van der Waals surface area contributed by atoms with Crippen LogP contribution in [0.4, 0.5) is 0 Å². The maximum Gasteiger partial charge on any atom is -0.00758 e. The predicted molar refractivity (Wildman–Crippen MR) is 98.0 cm³/mol. The molecular weight excluding hydrogens is 264 g/mol. The van der Waals surface area contributed by atoms with E-state index in [1.165, 1.54) is 33.0 Å². The van der Waals surface area contributed by atoms with Crippen molar-refractivity contribution in [1.82, 2.24) is 0 Å². The van der Waals surface area contributed by atoms with Crippen molar-refractivity contribution in [1.29, 1.82) is 0 Å². The number of hydrogen-bond donors (Lipinski definition) is 0. The summed E-state index contributed by atoms with van der Waals surface area (Å²) in [6, 6.07) is 21.3. The topological polar surface area (TPSA) is 0 Å². The zero-order chi connectivity index (χ0) is 15.5. The molecule has 0 atom stereocenters. The van der Waals surface area contributed by atoms with Gasteiger partial charge in [0.25, 0.3) is 0 Å². The first-order valence-electron chi connectivity index (χ1n) is 7.62. The first-order valence-corrected chi connectivity index (χ1v) is 7.62. The highest BCUT2D eigenvalue weighted by molar-refractivity contribution is 5.99.